The molecular formula is C17H23NO. The van der Waals surface area contributed by atoms with Crippen LogP contribution in [0.4, 0.5) is 0 Å². The summed E-state index contributed by atoms with van der Waals surface area (Å²) in [5, 5.41) is 0. The van der Waals surface area contributed by atoms with E-state index in [9.17, 15) is 4.79 Å². The number of hydrogen-bond acceptors (Lipinski definition) is 2. The number of hydrogen-bond donors (Lipinski definition) is 0. The molecule has 0 radical (unpaired) electrons. The maximum absolute atomic E-state index is 11.9. The largest absolute Gasteiger partial charge is 0.300 e. The van der Waals surface area contributed by atoms with Crippen LogP contribution in [0.25, 0.3) is 0 Å². The molecule has 2 saturated heterocycles. The zero-order valence-electron chi connectivity index (χ0n) is 11.7. The van der Waals surface area contributed by atoms with Crippen molar-refractivity contribution >= 4 is 5.78 Å². The second-order valence-corrected chi connectivity index (χ2v) is 6.10. The second-order valence-electron chi connectivity index (χ2n) is 6.10. The fourth-order valence-electron chi connectivity index (χ4n) is 3.99. The monoisotopic (exact) mass is 257 g/mol. The molecule has 102 valence electrons. The molecule has 2 nitrogen and oxygen atoms in total. The van der Waals surface area contributed by atoms with Crippen LogP contribution >= 0.6 is 0 Å². The normalized spacial score (nSPS) is 31.1. The molecule has 2 aliphatic heterocycles. The van der Waals surface area contributed by atoms with E-state index in [-0.39, 0.29) is 5.92 Å². The first-order chi connectivity index (χ1) is 9.25. The van der Waals surface area contributed by atoms with Gasteiger partial charge in [-0.05, 0) is 38.2 Å². The molecule has 1 aromatic carbocycles. The highest BCUT2D eigenvalue weighted by Crippen LogP contribution is 2.38. The van der Waals surface area contributed by atoms with Gasteiger partial charge in [-0.15, -0.1) is 0 Å². The fraction of sp³-hybridized carbons (Fsp3) is 0.588. The molecule has 0 amide bonds. The minimum Gasteiger partial charge on any atom is -0.300 e. The molecule has 3 rings (SSSR count). The van der Waals surface area contributed by atoms with Crippen molar-refractivity contribution in [2.45, 2.75) is 57.7 Å². The van der Waals surface area contributed by atoms with Crippen molar-refractivity contribution in [2.75, 3.05) is 0 Å². The Morgan fingerprint density at radius 1 is 1.16 bits per heavy atom. The third kappa shape index (κ3) is 2.59. The van der Waals surface area contributed by atoms with Crippen molar-refractivity contribution in [3.05, 3.63) is 35.9 Å². The van der Waals surface area contributed by atoms with Crippen molar-refractivity contribution in [2.24, 2.45) is 5.92 Å². The highest BCUT2D eigenvalue weighted by molar-refractivity contribution is 5.79. The number of rotatable bonds is 3. The van der Waals surface area contributed by atoms with Gasteiger partial charge < -0.3 is 0 Å². The minimum absolute atomic E-state index is 0.274. The lowest BCUT2D eigenvalue weighted by Gasteiger charge is -2.31. The van der Waals surface area contributed by atoms with Crippen LogP contribution in [-0.4, -0.2) is 22.8 Å². The van der Waals surface area contributed by atoms with Crippen LogP contribution in [0.2, 0.25) is 0 Å². The molecule has 2 heterocycles. The minimum atomic E-state index is 0.274. The summed E-state index contributed by atoms with van der Waals surface area (Å²) in [5.74, 6) is 0.668. The van der Waals surface area contributed by atoms with Crippen molar-refractivity contribution < 1.29 is 4.79 Å². The maximum Gasteiger partial charge on any atom is 0.134 e. The number of Topliss-reactive ketones (excluding diaryl/α,β-unsaturated/α-hetero) is 1. The van der Waals surface area contributed by atoms with Gasteiger partial charge in [0, 0.05) is 24.5 Å². The molecule has 19 heavy (non-hydrogen) atoms. The third-order valence-electron chi connectivity index (χ3n) is 4.94. The fourth-order valence-corrected chi connectivity index (χ4v) is 3.99. The number of carbonyl (C=O) groups excluding carboxylic acids is 1. The Morgan fingerprint density at radius 2 is 1.95 bits per heavy atom. The number of fused-ring (bicyclic) bond motifs is 2. The molecule has 2 heteroatoms. The van der Waals surface area contributed by atoms with E-state index in [0.717, 1.165) is 13.0 Å². The summed E-state index contributed by atoms with van der Waals surface area (Å²) in [6, 6.07) is 11.9. The molecule has 0 aromatic heterocycles. The molecule has 2 fully saturated rings. The molecule has 2 aliphatic rings. The van der Waals surface area contributed by atoms with E-state index < -0.39 is 0 Å². The summed E-state index contributed by atoms with van der Waals surface area (Å²) in [6.07, 6.45) is 6.08. The predicted molar refractivity (Wildman–Crippen MR) is 76.8 cm³/mol. The van der Waals surface area contributed by atoms with Gasteiger partial charge in [-0.1, -0.05) is 36.8 Å². The van der Waals surface area contributed by atoms with Crippen molar-refractivity contribution in [3.8, 4) is 0 Å². The Morgan fingerprint density at radius 3 is 2.68 bits per heavy atom. The SMILES string of the molecule is CC(=O)[C@H]1CCC[C@H]2CC[C@H]1N2Cc1ccccc1. The van der Waals surface area contributed by atoms with Gasteiger partial charge >= 0.3 is 0 Å². The van der Waals surface area contributed by atoms with Gasteiger partial charge in [-0.3, -0.25) is 9.69 Å². The van der Waals surface area contributed by atoms with Crippen LogP contribution in [0.3, 0.4) is 0 Å². The van der Waals surface area contributed by atoms with Gasteiger partial charge in [-0.25, -0.2) is 0 Å². The second kappa shape index (κ2) is 5.46. The molecule has 0 saturated carbocycles. The first-order valence-electron chi connectivity index (χ1n) is 7.56. The van der Waals surface area contributed by atoms with Crippen molar-refractivity contribution in [1.29, 1.82) is 0 Å². The maximum atomic E-state index is 11.9. The third-order valence-corrected chi connectivity index (χ3v) is 4.94. The topological polar surface area (TPSA) is 20.3 Å². The Hall–Kier alpha value is -1.15. The van der Waals surface area contributed by atoms with Crippen LogP contribution in [0, 0.1) is 5.92 Å². The summed E-state index contributed by atoms with van der Waals surface area (Å²) < 4.78 is 0. The van der Waals surface area contributed by atoms with Crippen molar-refractivity contribution in [3.63, 3.8) is 0 Å². The van der Waals surface area contributed by atoms with E-state index in [1.165, 1.54) is 31.2 Å². The van der Waals surface area contributed by atoms with Gasteiger partial charge in [0.2, 0.25) is 0 Å². The van der Waals surface area contributed by atoms with Gasteiger partial charge in [0.05, 0.1) is 0 Å². The van der Waals surface area contributed by atoms with Gasteiger partial charge in [0.15, 0.2) is 0 Å². The lowest BCUT2D eigenvalue weighted by Crippen LogP contribution is -2.40. The van der Waals surface area contributed by atoms with Crippen LogP contribution < -0.4 is 0 Å². The first kappa shape index (κ1) is 12.9. The van der Waals surface area contributed by atoms with E-state index in [1.807, 2.05) is 0 Å². The van der Waals surface area contributed by atoms with Gasteiger partial charge in [0.1, 0.15) is 5.78 Å². The van der Waals surface area contributed by atoms with E-state index in [4.69, 9.17) is 0 Å². The lowest BCUT2D eigenvalue weighted by atomic mass is 9.88. The van der Waals surface area contributed by atoms with E-state index in [2.05, 4.69) is 35.2 Å². The lowest BCUT2D eigenvalue weighted by molar-refractivity contribution is -0.122. The summed E-state index contributed by atoms with van der Waals surface area (Å²) in [6.45, 7) is 2.80. The summed E-state index contributed by atoms with van der Waals surface area (Å²) in [4.78, 5) is 14.5. The quantitative estimate of drug-likeness (QED) is 0.827. The Kier molecular flexibility index (Phi) is 3.69. The highest BCUT2D eigenvalue weighted by atomic mass is 16.1. The van der Waals surface area contributed by atoms with Crippen LogP contribution in [0.15, 0.2) is 30.3 Å². The smallest absolute Gasteiger partial charge is 0.134 e. The average Bonchev–Trinajstić information content (AvgIpc) is 2.66. The molecule has 2 bridgehead atoms. The molecule has 3 atom stereocenters. The Balaban J connectivity index is 1.81. The van der Waals surface area contributed by atoms with Crippen molar-refractivity contribution in [1.82, 2.24) is 4.90 Å². The van der Waals surface area contributed by atoms with E-state index in [1.54, 1.807) is 6.92 Å². The zero-order chi connectivity index (χ0) is 13.2. The van der Waals surface area contributed by atoms with E-state index >= 15 is 0 Å². The summed E-state index contributed by atoms with van der Waals surface area (Å²) in [7, 11) is 0. The first-order valence-corrected chi connectivity index (χ1v) is 7.56. The van der Waals surface area contributed by atoms with Gasteiger partial charge in [-0.2, -0.15) is 0 Å². The van der Waals surface area contributed by atoms with Crippen LogP contribution in [0.5, 0.6) is 0 Å². The van der Waals surface area contributed by atoms with Gasteiger partial charge in [0.25, 0.3) is 0 Å². The zero-order valence-corrected chi connectivity index (χ0v) is 11.7. The van der Waals surface area contributed by atoms with Crippen LogP contribution in [0.1, 0.15) is 44.6 Å². The molecule has 0 aliphatic carbocycles. The van der Waals surface area contributed by atoms with Crippen LogP contribution in [-0.2, 0) is 11.3 Å². The predicted octanol–water partition coefficient (Wildman–Crippen LogP) is 3.41. The molecule has 1 aromatic rings. The standard InChI is InChI=1S/C17H23NO/c1-13(19)16-9-5-8-15-10-11-17(16)18(15)12-14-6-3-2-4-7-14/h2-4,6-7,15-17H,5,8-12H2,1H3/t15-,16+,17+/m0/s1. The van der Waals surface area contributed by atoms with E-state index in [0.29, 0.717) is 17.9 Å². The molecular weight excluding hydrogens is 234 g/mol. The molecule has 0 N–H and O–H groups in total. The summed E-state index contributed by atoms with van der Waals surface area (Å²) in [5.41, 5.74) is 1.38. The Labute approximate surface area is 115 Å². The molecule has 0 spiro atoms. The Bertz CT molecular complexity index is 442. The highest BCUT2D eigenvalue weighted by Gasteiger charge is 2.41. The number of ketones is 1. The molecule has 0 unspecified atom stereocenters. The summed E-state index contributed by atoms with van der Waals surface area (Å²) >= 11 is 0. The number of nitrogens with zero attached hydrogens (tertiary/aromatic N) is 1. The number of carbonyl (C=O) groups is 1. The average molecular weight is 257 g/mol. The number of benzene rings is 1.